The van der Waals surface area contributed by atoms with Gasteiger partial charge in [-0.05, 0) is 36.8 Å². The number of hydrogen-bond acceptors (Lipinski definition) is 2. The van der Waals surface area contributed by atoms with Crippen LogP contribution in [-0.2, 0) is 4.43 Å². The molecule has 1 aromatic carbocycles. The van der Waals surface area contributed by atoms with Crippen LogP contribution in [0.1, 0.15) is 31.6 Å². The van der Waals surface area contributed by atoms with E-state index in [9.17, 15) is 0 Å². The lowest BCUT2D eigenvalue weighted by molar-refractivity contribution is 0.174. The van der Waals surface area contributed by atoms with Gasteiger partial charge in [-0.3, -0.25) is 5.32 Å². The molecule has 88 valence electrons. The number of unbranched alkanes of at least 4 members (excludes halogenated alkanes) is 1. The Hall–Kier alpha value is -0.643. The minimum Gasteiger partial charge on any atom is -0.394 e. The Morgan fingerprint density at radius 2 is 2.06 bits per heavy atom. The second kappa shape index (κ2) is 4.70. The summed E-state index contributed by atoms with van der Waals surface area (Å²) in [5, 5.41) is 4.95. The second-order valence-electron chi connectivity index (χ2n) is 4.90. The van der Waals surface area contributed by atoms with E-state index in [1.54, 1.807) is 0 Å². The first-order valence-electron chi connectivity index (χ1n) is 6.16. The third kappa shape index (κ3) is 2.21. The van der Waals surface area contributed by atoms with Crippen LogP contribution >= 0.6 is 0 Å². The van der Waals surface area contributed by atoms with Crippen LogP contribution in [0, 0.1) is 0 Å². The Labute approximate surface area is 99.1 Å². The highest BCUT2D eigenvalue weighted by Gasteiger charge is 2.39. The van der Waals surface area contributed by atoms with Crippen molar-refractivity contribution in [3.8, 4) is 0 Å². The van der Waals surface area contributed by atoms with E-state index >= 15 is 0 Å². The fourth-order valence-electron chi connectivity index (χ4n) is 2.26. The Bertz CT molecular complexity index is 365. The Morgan fingerprint density at radius 1 is 1.31 bits per heavy atom. The first-order valence-corrected chi connectivity index (χ1v) is 9.06. The van der Waals surface area contributed by atoms with E-state index < -0.39 is 8.32 Å². The van der Waals surface area contributed by atoms with Gasteiger partial charge in [0.05, 0.1) is 0 Å². The van der Waals surface area contributed by atoms with E-state index in [1.165, 1.54) is 23.6 Å². The minimum atomic E-state index is -1.65. The second-order valence-corrected chi connectivity index (χ2v) is 8.70. The van der Waals surface area contributed by atoms with Gasteiger partial charge in [-0.25, -0.2) is 0 Å². The van der Waals surface area contributed by atoms with Crippen LogP contribution in [0.5, 0.6) is 0 Å². The fraction of sp³-hybridized carbons (Fsp3) is 0.538. The molecule has 0 saturated heterocycles. The maximum absolute atomic E-state index is 6.19. The molecule has 0 aromatic heterocycles. The molecule has 1 heterocycles. The number of benzene rings is 1. The summed E-state index contributed by atoms with van der Waals surface area (Å²) in [6.07, 6.45) is 2.57. The maximum Gasteiger partial charge on any atom is 0.221 e. The number of nitrogens with one attached hydrogen (secondary N) is 1. The molecule has 0 fully saturated rings. The smallest absolute Gasteiger partial charge is 0.221 e. The maximum atomic E-state index is 6.19. The largest absolute Gasteiger partial charge is 0.394 e. The van der Waals surface area contributed by atoms with Crippen molar-refractivity contribution in [2.24, 2.45) is 0 Å². The van der Waals surface area contributed by atoms with Gasteiger partial charge in [0.25, 0.3) is 0 Å². The van der Waals surface area contributed by atoms with E-state index in [0.29, 0.717) is 0 Å². The summed E-state index contributed by atoms with van der Waals surface area (Å²) in [4.78, 5) is 0. The molecular formula is C13H21NOSi. The van der Waals surface area contributed by atoms with Gasteiger partial charge in [0, 0.05) is 0 Å². The average molecular weight is 235 g/mol. The van der Waals surface area contributed by atoms with Gasteiger partial charge in [0.1, 0.15) is 6.23 Å². The molecule has 2 nitrogen and oxygen atoms in total. The zero-order chi connectivity index (χ0) is 11.6. The molecule has 0 saturated carbocycles. The molecule has 16 heavy (non-hydrogen) atoms. The summed E-state index contributed by atoms with van der Waals surface area (Å²) < 4.78 is 6.19. The number of hydrogen-bond donors (Lipinski definition) is 1. The summed E-state index contributed by atoms with van der Waals surface area (Å²) in [5.41, 5.74) is 1.36. The van der Waals surface area contributed by atoms with Crippen molar-refractivity contribution < 1.29 is 4.43 Å². The van der Waals surface area contributed by atoms with Crippen molar-refractivity contribution in [3.05, 3.63) is 29.8 Å². The Morgan fingerprint density at radius 3 is 2.81 bits per heavy atom. The van der Waals surface area contributed by atoms with Gasteiger partial charge >= 0.3 is 0 Å². The van der Waals surface area contributed by atoms with Gasteiger partial charge in [0.2, 0.25) is 8.32 Å². The zero-order valence-electron chi connectivity index (χ0n) is 10.4. The lowest BCUT2D eigenvalue weighted by atomic mass is 10.2. The molecule has 0 spiro atoms. The lowest BCUT2D eigenvalue weighted by Gasteiger charge is -2.19. The summed E-state index contributed by atoms with van der Waals surface area (Å²) in [6, 6.07) is 8.64. The van der Waals surface area contributed by atoms with Crippen molar-refractivity contribution in [2.75, 3.05) is 6.54 Å². The molecule has 0 bridgehead atoms. The topological polar surface area (TPSA) is 21.3 Å². The highest BCUT2D eigenvalue weighted by atomic mass is 28.4. The summed E-state index contributed by atoms with van der Waals surface area (Å²) in [5.74, 6) is 0. The number of rotatable bonds is 4. The third-order valence-electron chi connectivity index (χ3n) is 3.16. The van der Waals surface area contributed by atoms with E-state index in [1.807, 2.05) is 0 Å². The molecular weight excluding hydrogens is 214 g/mol. The average Bonchev–Trinajstić information content (AvgIpc) is 2.52. The molecule has 1 aliphatic rings. The Kier molecular flexibility index (Phi) is 3.47. The van der Waals surface area contributed by atoms with Crippen LogP contribution in [-0.4, -0.2) is 14.9 Å². The molecule has 1 aliphatic heterocycles. The molecule has 0 aliphatic carbocycles. The van der Waals surface area contributed by atoms with Crippen molar-refractivity contribution in [2.45, 2.75) is 39.1 Å². The van der Waals surface area contributed by atoms with Gasteiger partial charge in [-0.1, -0.05) is 37.6 Å². The van der Waals surface area contributed by atoms with Gasteiger partial charge in [-0.2, -0.15) is 0 Å². The monoisotopic (exact) mass is 235 g/mol. The first-order chi connectivity index (χ1) is 7.65. The quantitative estimate of drug-likeness (QED) is 0.639. The van der Waals surface area contributed by atoms with E-state index in [0.717, 1.165) is 6.54 Å². The lowest BCUT2D eigenvalue weighted by Crippen LogP contribution is -2.40. The molecule has 1 N–H and O–H groups in total. The van der Waals surface area contributed by atoms with Crippen molar-refractivity contribution in [1.82, 2.24) is 5.32 Å². The van der Waals surface area contributed by atoms with E-state index in [4.69, 9.17) is 4.43 Å². The fourth-order valence-corrected chi connectivity index (χ4v) is 4.59. The highest BCUT2D eigenvalue weighted by molar-refractivity contribution is 6.85. The molecule has 0 amide bonds. The van der Waals surface area contributed by atoms with Crippen LogP contribution in [0.4, 0.5) is 0 Å². The molecule has 1 unspecified atom stereocenters. The molecule has 3 heteroatoms. The third-order valence-corrected chi connectivity index (χ3v) is 5.74. The summed E-state index contributed by atoms with van der Waals surface area (Å²) in [7, 11) is -1.65. The number of fused-ring (bicyclic) bond motifs is 1. The van der Waals surface area contributed by atoms with Crippen molar-refractivity contribution in [1.29, 1.82) is 0 Å². The van der Waals surface area contributed by atoms with Gasteiger partial charge in [0.15, 0.2) is 0 Å². The van der Waals surface area contributed by atoms with Gasteiger partial charge < -0.3 is 4.43 Å². The SMILES string of the molecule is CCCCNC1O[Si](C)(C)c2ccccc21. The first kappa shape index (κ1) is 11.8. The van der Waals surface area contributed by atoms with Gasteiger partial charge in [-0.15, -0.1) is 0 Å². The van der Waals surface area contributed by atoms with Crippen molar-refractivity contribution >= 4 is 13.5 Å². The molecule has 0 radical (unpaired) electrons. The normalized spacial score (nSPS) is 22.1. The zero-order valence-corrected chi connectivity index (χ0v) is 11.4. The molecule has 1 atom stereocenters. The van der Waals surface area contributed by atoms with Crippen LogP contribution in [0.25, 0.3) is 0 Å². The summed E-state index contributed by atoms with van der Waals surface area (Å²) in [6.45, 7) is 7.80. The standard InChI is InChI=1S/C13H21NOSi/c1-4-5-10-14-13-11-8-6-7-9-12(11)16(2,3)15-13/h6-9,13-14H,4-5,10H2,1-3H3. The predicted molar refractivity (Wildman–Crippen MR) is 70.3 cm³/mol. The summed E-state index contributed by atoms with van der Waals surface area (Å²) >= 11 is 0. The van der Waals surface area contributed by atoms with E-state index in [2.05, 4.69) is 49.6 Å². The van der Waals surface area contributed by atoms with Crippen LogP contribution < -0.4 is 10.5 Å². The minimum absolute atomic E-state index is 0.129. The Balaban J connectivity index is 2.13. The molecule has 1 aromatic rings. The highest BCUT2D eigenvalue weighted by Crippen LogP contribution is 2.27. The van der Waals surface area contributed by atoms with Crippen LogP contribution in [0.3, 0.4) is 0 Å². The van der Waals surface area contributed by atoms with Crippen molar-refractivity contribution in [3.63, 3.8) is 0 Å². The van der Waals surface area contributed by atoms with Crippen LogP contribution in [0.15, 0.2) is 24.3 Å². The molecule has 2 rings (SSSR count). The van der Waals surface area contributed by atoms with Crippen LogP contribution in [0.2, 0.25) is 13.1 Å². The predicted octanol–water partition coefficient (Wildman–Crippen LogP) is 2.52. The van der Waals surface area contributed by atoms with E-state index in [-0.39, 0.29) is 6.23 Å².